The summed E-state index contributed by atoms with van der Waals surface area (Å²) >= 11 is 0. The van der Waals surface area contributed by atoms with E-state index in [1.807, 2.05) is 37.3 Å². The van der Waals surface area contributed by atoms with Gasteiger partial charge >= 0.3 is 5.97 Å². The molecule has 0 radical (unpaired) electrons. The Hall–Kier alpha value is -3.92. The van der Waals surface area contributed by atoms with Gasteiger partial charge in [0.15, 0.2) is 0 Å². The van der Waals surface area contributed by atoms with Gasteiger partial charge in [0.05, 0.1) is 25.9 Å². The number of nitrogens with zero attached hydrogens (tertiary/aromatic N) is 3. The zero-order valence-corrected chi connectivity index (χ0v) is 17.9. The average Bonchev–Trinajstić information content (AvgIpc) is 3.20. The molecular weight excluding hydrogens is 394 g/mol. The molecule has 0 aliphatic rings. The lowest BCUT2D eigenvalue weighted by atomic mass is 9.92. The van der Waals surface area contributed by atoms with E-state index >= 15 is 0 Å². The number of esters is 1. The Morgan fingerprint density at radius 1 is 1.16 bits per heavy atom. The Bertz CT molecular complexity index is 1170. The number of nitriles is 1. The summed E-state index contributed by atoms with van der Waals surface area (Å²) in [6.07, 6.45) is 3.24. The van der Waals surface area contributed by atoms with Crippen LogP contribution in [-0.4, -0.2) is 30.4 Å². The van der Waals surface area contributed by atoms with Crippen molar-refractivity contribution >= 4 is 11.5 Å². The van der Waals surface area contributed by atoms with E-state index < -0.39 is 5.97 Å². The fourth-order valence-electron chi connectivity index (χ4n) is 3.40. The second-order valence-corrected chi connectivity index (χ2v) is 6.93. The lowest BCUT2D eigenvalue weighted by molar-refractivity contribution is 0.0597. The highest BCUT2D eigenvalue weighted by atomic mass is 16.5. The molecule has 158 valence electrons. The number of hydrogen-bond donors (Lipinski definition) is 0. The maximum Gasteiger partial charge on any atom is 0.341 e. The van der Waals surface area contributed by atoms with Crippen LogP contribution >= 0.6 is 0 Å². The highest BCUT2D eigenvalue weighted by molar-refractivity contribution is 5.95. The smallest absolute Gasteiger partial charge is 0.341 e. The minimum Gasteiger partial charge on any atom is -0.496 e. The molecular formula is C24H23N3O4. The van der Waals surface area contributed by atoms with Crippen molar-refractivity contribution in [2.75, 3.05) is 14.2 Å². The molecule has 0 saturated carbocycles. The Balaban J connectivity index is 2.09. The van der Waals surface area contributed by atoms with E-state index in [4.69, 9.17) is 13.9 Å². The summed E-state index contributed by atoms with van der Waals surface area (Å²) in [5.41, 5.74) is 4.25. The summed E-state index contributed by atoms with van der Waals surface area (Å²) in [5, 5.41) is 17.2. The van der Waals surface area contributed by atoms with Crippen LogP contribution < -0.4 is 4.74 Å². The van der Waals surface area contributed by atoms with Crippen LogP contribution in [0.25, 0.3) is 5.57 Å². The van der Waals surface area contributed by atoms with Crippen molar-refractivity contribution in [1.82, 2.24) is 10.2 Å². The molecule has 0 saturated heterocycles. The van der Waals surface area contributed by atoms with E-state index in [1.165, 1.54) is 14.2 Å². The second kappa shape index (κ2) is 9.72. The SMILES string of the molecule is COC(=O)c1cc(/C(=C\CCc2nnc(C)o2)c2cccc(C#N)c2)cc(C)c1OC. The quantitative estimate of drug-likeness (QED) is 0.525. The highest BCUT2D eigenvalue weighted by Gasteiger charge is 2.18. The number of carbonyl (C=O) groups is 1. The summed E-state index contributed by atoms with van der Waals surface area (Å²) in [5.74, 6) is 1.07. The standard InChI is InChI=1S/C24H23N3O4/c1-15-11-19(13-21(23(15)29-3)24(28)30-4)20(18-8-5-7-17(12-18)14-25)9-6-10-22-27-26-16(2)31-22/h5,7-9,11-13H,6,10H2,1-4H3/b20-9-. The molecule has 0 bridgehead atoms. The van der Waals surface area contributed by atoms with Gasteiger partial charge in [0.1, 0.15) is 11.3 Å². The molecule has 0 amide bonds. The number of methoxy groups -OCH3 is 2. The van der Waals surface area contributed by atoms with E-state index in [1.54, 1.807) is 19.1 Å². The molecule has 0 N–H and O–H groups in total. The lowest BCUT2D eigenvalue weighted by Crippen LogP contribution is -2.07. The van der Waals surface area contributed by atoms with Crippen molar-refractivity contribution in [3.63, 3.8) is 0 Å². The van der Waals surface area contributed by atoms with Crippen molar-refractivity contribution in [1.29, 1.82) is 5.26 Å². The number of carbonyl (C=O) groups excluding carboxylic acids is 1. The van der Waals surface area contributed by atoms with Crippen molar-refractivity contribution in [3.8, 4) is 11.8 Å². The first kappa shape index (κ1) is 21.8. The molecule has 0 aliphatic heterocycles. The van der Waals surface area contributed by atoms with Gasteiger partial charge in [-0.25, -0.2) is 4.79 Å². The molecule has 1 heterocycles. The van der Waals surface area contributed by atoms with Crippen molar-refractivity contribution in [2.45, 2.75) is 26.7 Å². The van der Waals surface area contributed by atoms with Crippen LogP contribution in [0.1, 0.15) is 50.8 Å². The summed E-state index contributed by atoms with van der Waals surface area (Å²) in [6.45, 7) is 3.62. The number of aryl methyl sites for hydroxylation is 3. The van der Waals surface area contributed by atoms with Crippen LogP contribution in [0.15, 0.2) is 46.9 Å². The third kappa shape index (κ3) is 4.98. The molecule has 7 nitrogen and oxygen atoms in total. The molecule has 0 atom stereocenters. The van der Waals surface area contributed by atoms with E-state index in [2.05, 4.69) is 16.3 Å². The third-order valence-corrected chi connectivity index (χ3v) is 4.77. The van der Waals surface area contributed by atoms with Gasteiger partial charge < -0.3 is 13.9 Å². The Labute approximate surface area is 180 Å². The predicted octanol–water partition coefficient (Wildman–Crippen LogP) is 4.42. The first-order valence-electron chi connectivity index (χ1n) is 9.73. The topological polar surface area (TPSA) is 98.2 Å². The van der Waals surface area contributed by atoms with Crippen LogP contribution in [0, 0.1) is 25.2 Å². The fraction of sp³-hybridized carbons (Fsp3) is 0.250. The van der Waals surface area contributed by atoms with Crippen molar-refractivity contribution in [2.24, 2.45) is 0 Å². The zero-order chi connectivity index (χ0) is 22.4. The molecule has 0 unspecified atom stereocenters. The summed E-state index contributed by atoms with van der Waals surface area (Å²) in [7, 11) is 2.86. The molecule has 2 aromatic carbocycles. The van der Waals surface area contributed by atoms with E-state index in [0.717, 1.165) is 22.3 Å². The maximum absolute atomic E-state index is 12.4. The number of benzene rings is 2. The molecule has 3 rings (SSSR count). The third-order valence-electron chi connectivity index (χ3n) is 4.77. The van der Waals surface area contributed by atoms with Gasteiger partial charge in [-0.05, 0) is 59.9 Å². The maximum atomic E-state index is 12.4. The monoisotopic (exact) mass is 417 g/mol. The Kier molecular flexibility index (Phi) is 6.83. The van der Waals surface area contributed by atoms with Gasteiger partial charge in [-0.1, -0.05) is 18.2 Å². The molecule has 3 aromatic rings. The van der Waals surface area contributed by atoms with E-state index in [9.17, 15) is 10.1 Å². The number of rotatable bonds is 7. The largest absolute Gasteiger partial charge is 0.496 e. The van der Waals surface area contributed by atoms with Crippen molar-refractivity contribution in [3.05, 3.63) is 82.1 Å². The first-order valence-corrected chi connectivity index (χ1v) is 9.73. The number of allylic oxidation sites excluding steroid dienone is 1. The Morgan fingerprint density at radius 2 is 1.97 bits per heavy atom. The second-order valence-electron chi connectivity index (χ2n) is 6.93. The average molecular weight is 417 g/mol. The molecule has 31 heavy (non-hydrogen) atoms. The molecule has 7 heteroatoms. The normalized spacial score (nSPS) is 11.1. The van der Waals surface area contributed by atoms with Gasteiger partial charge in [0, 0.05) is 13.3 Å². The van der Waals surface area contributed by atoms with Gasteiger partial charge in [0.25, 0.3) is 0 Å². The minimum absolute atomic E-state index is 0.342. The van der Waals surface area contributed by atoms with Crippen LogP contribution in [0.4, 0.5) is 0 Å². The van der Waals surface area contributed by atoms with Crippen LogP contribution in [0.5, 0.6) is 5.75 Å². The Morgan fingerprint density at radius 3 is 2.61 bits per heavy atom. The number of aromatic nitrogens is 2. The molecule has 1 aromatic heterocycles. The summed E-state index contributed by atoms with van der Waals surface area (Å²) in [6, 6.07) is 13.2. The van der Waals surface area contributed by atoms with Crippen molar-refractivity contribution < 1.29 is 18.7 Å². The van der Waals surface area contributed by atoms with Gasteiger partial charge in [-0.15, -0.1) is 10.2 Å². The van der Waals surface area contributed by atoms with E-state index in [-0.39, 0.29) is 0 Å². The molecule has 0 fully saturated rings. The highest BCUT2D eigenvalue weighted by Crippen LogP contribution is 2.32. The van der Waals surface area contributed by atoms with Gasteiger partial charge in [-0.2, -0.15) is 5.26 Å². The van der Waals surface area contributed by atoms with Gasteiger partial charge in [0.2, 0.25) is 11.8 Å². The molecule has 0 spiro atoms. The van der Waals surface area contributed by atoms with Crippen LogP contribution in [0.2, 0.25) is 0 Å². The number of ether oxygens (including phenoxy) is 2. The number of hydrogen-bond acceptors (Lipinski definition) is 7. The lowest BCUT2D eigenvalue weighted by Gasteiger charge is -2.15. The van der Waals surface area contributed by atoms with Gasteiger partial charge in [-0.3, -0.25) is 0 Å². The fourth-order valence-corrected chi connectivity index (χ4v) is 3.40. The van der Waals surface area contributed by atoms with Crippen LogP contribution in [0.3, 0.4) is 0 Å². The molecule has 0 aliphatic carbocycles. The van der Waals surface area contributed by atoms with Crippen LogP contribution in [-0.2, 0) is 11.2 Å². The minimum atomic E-state index is -0.478. The summed E-state index contributed by atoms with van der Waals surface area (Å²) < 4.78 is 15.8. The predicted molar refractivity (Wildman–Crippen MR) is 115 cm³/mol. The zero-order valence-electron chi connectivity index (χ0n) is 17.9. The summed E-state index contributed by atoms with van der Waals surface area (Å²) in [4.78, 5) is 12.4. The first-order chi connectivity index (χ1) is 15.0. The van der Waals surface area contributed by atoms with E-state index in [0.29, 0.717) is 41.5 Å².